The van der Waals surface area contributed by atoms with Crippen molar-refractivity contribution in [3.8, 4) is 0 Å². The maximum atomic E-state index is 13.0. The van der Waals surface area contributed by atoms with E-state index in [1.807, 2.05) is 34.6 Å². The van der Waals surface area contributed by atoms with Gasteiger partial charge in [0.15, 0.2) is 5.79 Å². The van der Waals surface area contributed by atoms with Crippen LogP contribution in [0.5, 0.6) is 0 Å². The van der Waals surface area contributed by atoms with Gasteiger partial charge in [-0.3, -0.25) is 0 Å². The quantitative estimate of drug-likeness (QED) is 0.435. The van der Waals surface area contributed by atoms with E-state index >= 15 is 0 Å². The van der Waals surface area contributed by atoms with E-state index in [-0.39, 0.29) is 5.82 Å². The number of alkyl carbamates (subject to hydrolysis) is 1. The monoisotopic (exact) mass is 486 g/mol. The molecule has 3 rings (SSSR count). The van der Waals surface area contributed by atoms with Crippen molar-refractivity contribution in [2.75, 3.05) is 25.1 Å². The van der Waals surface area contributed by atoms with Crippen LogP contribution in [0.1, 0.15) is 58.6 Å². The third kappa shape index (κ3) is 9.15. The first-order chi connectivity index (χ1) is 16.4. The van der Waals surface area contributed by atoms with Gasteiger partial charge in [-0.25, -0.2) is 9.18 Å². The maximum Gasteiger partial charge on any atom is 0.408 e. The fourth-order valence-electron chi connectivity index (χ4n) is 3.86. The van der Waals surface area contributed by atoms with Crippen LogP contribution in [0.4, 0.5) is 14.9 Å². The van der Waals surface area contributed by atoms with Crippen LogP contribution in [0, 0.1) is 5.82 Å². The number of hydrogen-bond acceptors (Lipinski definition) is 5. The second kappa shape index (κ2) is 11.4. The van der Waals surface area contributed by atoms with E-state index in [9.17, 15) is 9.18 Å². The summed E-state index contributed by atoms with van der Waals surface area (Å²) >= 11 is 0. The average Bonchev–Trinajstić information content (AvgIpc) is 2.78. The average molecular weight is 487 g/mol. The molecule has 0 aromatic heterocycles. The number of anilines is 1. The predicted molar refractivity (Wildman–Crippen MR) is 136 cm³/mol. The van der Waals surface area contributed by atoms with Crippen LogP contribution < -0.4 is 10.6 Å². The number of carbonyl (C=O) groups excluding carboxylic acids is 1. The van der Waals surface area contributed by atoms with Crippen LogP contribution in [-0.2, 0) is 27.1 Å². The number of hydrogen-bond donors (Lipinski definition) is 2. The zero-order valence-electron chi connectivity index (χ0n) is 21.6. The molecule has 0 unspecified atom stereocenters. The molecule has 0 atom stereocenters. The minimum atomic E-state index is -0.674. The summed E-state index contributed by atoms with van der Waals surface area (Å²) in [5, 5.41) is 6.33. The molecule has 0 aliphatic carbocycles. The Bertz CT molecular complexity index is 942. The first-order valence-corrected chi connectivity index (χ1v) is 12.3. The van der Waals surface area contributed by atoms with Crippen molar-refractivity contribution in [1.29, 1.82) is 0 Å². The van der Waals surface area contributed by atoms with Crippen LogP contribution in [0.15, 0.2) is 48.5 Å². The summed E-state index contributed by atoms with van der Waals surface area (Å²) in [6, 6.07) is 15.0. The molecule has 1 aliphatic rings. The number of amides is 1. The van der Waals surface area contributed by atoms with Gasteiger partial charge in [-0.05, 0) is 95.7 Å². The topological polar surface area (TPSA) is 68.8 Å². The van der Waals surface area contributed by atoms with Gasteiger partial charge >= 0.3 is 6.09 Å². The normalized spacial score (nSPS) is 17.0. The number of carbonyl (C=O) groups is 1. The lowest BCUT2D eigenvalue weighted by Crippen LogP contribution is -2.61. The summed E-state index contributed by atoms with van der Waals surface area (Å²) in [5.74, 6) is -0.902. The molecule has 1 heterocycles. The van der Waals surface area contributed by atoms with Gasteiger partial charge in [0.25, 0.3) is 0 Å². The molecular formula is C28H39FN2O4. The van der Waals surface area contributed by atoms with Gasteiger partial charge in [0.2, 0.25) is 0 Å². The number of nitrogens with one attached hydrogen (secondary N) is 2. The van der Waals surface area contributed by atoms with Gasteiger partial charge in [-0.1, -0.05) is 24.3 Å². The Kier molecular flexibility index (Phi) is 8.78. The third-order valence-electron chi connectivity index (χ3n) is 5.89. The van der Waals surface area contributed by atoms with E-state index in [0.29, 0.717) is 19.6 Å². The Balaban J connectivity index is 1.50. The van der Waals surface area contributed by atoms with E-state index < -0.39 is 23.0 Å². The van der Waals surface area contributed by atoms with E-state index in [1.54, 1.807) is 12.1 Å². The fraction of sp³-hybridized carbons (Fsp3) is 0.536. The van der Waals surface area contributed by atoms with Crippen molar-refractivity contribution < 1.29 is 23.4 Å². The Labute approximate surface area is 208 Å². The molecule has 1 aliphatic heterocycles. The number of ether oxygens (including phenoxy) is 3. The van der Waals surface area contributed by atoms with Gasteiger partial charge in [0.1, 0.15) is 11.4 Å². The number of aryl methyl sites for hydroxylation is 2. The van der Waals surface area contributed by atoms with Crippen LogP contribution in [0.3, 0.4) is 0 Å². The summed E-state index contributed by atoms with van der Waals surface area (Å²) in [6.07, 6.45) is 2.91. The SMILES string of the molecule is CC(C)(C)OC(=O)NC1(CCc2ccc(CCCNc3ccc(F)cc3)cc2)COC(C)(C)OC1. The van der Waals surface area contributed by atoms with Crippen molar-refractivity contribution in [3.63, 3.8) is 0 Å². The third-order valence-corrected chi connectivity index (χ3v) is 5.89. The largest absolute Gasteiger partial charge is 0.444 e. The lowest BCUT2D eigenvalue weighted by Gasteiger charge is -2.44. The highest BCUT2D eigenvalue weighted by Gasteiger charge is 2.41. The highest BCUT2D eigenvalue weighted by atomic mass is 19.1. The molecule has 0 saturated carbocycles. The minimum Gasteiger partial charge on any atom is -0.444 e. The van der Waals surface area contributed by atoms with Gasteiger partial charge in [0, 0.05) is 12.2 Å². The molecule has 2 aromatic rings. The zero-order valence-corrected chi connectivity index (χ0v) is 21.6. The standard InChI is InChI=1S/C28H39FN2O4/c1-26(2,3)35-25(32)31-28(19-33-27(4,5)34-20-28)17-16-22-10-8-21(9-11-22)7-6-18-30-24-14-12-23(29)13-15-24/h8-15,30H,6-7,16-20H2,1-5H3,(H,31,32). The van der Waals surface area contributed by atoms with Crippen LogP contribution in [0.25, 0.3) is 0 Å². The van der Waals surface area contributed by atoms with Crippen molar-refractivity contribution in [1.82, 2.24) is 5.32 Å². The summed E-state index contributed by atoms with van der Waals surface area (Å²) in [7, 11) is 0. The molecule has 1 fully saturated rings. The smallest absolute Gasteiger partial charge is 0.408 e. The molecule has 2 N–H and O–H groups in total. The maximum absolute atomic E-state index is 13.0. The van der Waals surface area contributed by atoms with E-state index in [2.05, 4.69) is 34.9 Å². The molecule has 0 spiro atoms. The summed E-state index contributed by atoms with van der Waals surface area (Å²) in [5.41, 5.74) is 2.15. The molecule has 192 valence electrons. The molecule has 1 amide bonds. The molecular weight excluding hydrogens is 447 g/mol. The van der Waals surface area contributed by atoms with Crippen molar-refractivity contribution in [2.24, 2.45) is 0 Å². The van der Waals surface area contributed by atoms with Crippen LogP contribution >= 0.6 is 0 Å². The molecule has 2 aromatic carbocycles. The van der Waals surface area contributed by atoms with E-state index in [1.165, 1.54) is 23.3 Å². The van der Waals surface area contributed by atoms with Gasteiger partial charge < -0.3 is 24.8 Å². The Hall–Kier alpha value is -2.64. The first kappa shape index (κ1) is 27.0. The lowest BCUT2D eigenvalue weighted by molar-refractivity contribution is -0.271. The lowest BCUT2D eigenvalue weighted by atomic mass is 9.91. The van der Waals surface area contributed by atoms with Crippen molar-refractivity contribution in [3.05, 3.63) is 65.5 Å². The van der Waals surface area contributed by atoms with Gasteiger partial charge in [-0.2, -0.15) is 0 Å². The Morgan fingerprint density at radius 1 is 0.971 bits per heavy atom. The minimum absolute atomic E-state index is 0.227. The number of rotatable bonds is 9. The highest BCUT2D eigenvalue weighted by Crippen LogP contribution is 2.28. The Morgan fingerprint density at radius 2 is 1.54 bits per heavy atom. The summed E-state index contributed by atoms with van der Waals surface area (Å²) < 4.78 is 30.3. The van der Waals surface area contributed by atoms with Crippen molar-refractivity contribution in [2.45, 2.75) is 77.2 Å². The summed E-state index contributed by atoms with van der Waals surface area (Å²) in [6.45, 7) is 10.8. The fourth-order valence-corrected chi connectivity index (χ4v) is 3.86. The second-order valence-electron chi connectivity index (χ2n) is 10.7. The first-order valence-electron chi connectivity index (χ1n) is 12.3. The number of halogens is 1. The van der Waals surface area contributed by atoms with E-state index in [4.69, 9.17) is 14.2 Å². The molecule has 0 radical (unpaired) electrons. The highest BCUT2D eigenvalue weighted by molar-refractivity contribution is 5.69. The Morgan fingerprint density at radius 3 is 2.11 bits per heavy atom. The van der Waals surface area contributed by atoms with Gasteiger partial charge in [-0.15, -0.1) is 0 Å². The molecule has 35 heavy (non-hydrogen) atoms. The molecule has 7 heteroatoms. The van der Waals surface area contributed by atoms with Crippen molar-refractivity contribution >= 4 is 11.8 Å². The molecule has 0 bridgehead atoms. The predicted octanol–water partition coefficient (Wildman–Crippen LogP) is 5.85. The van der Waals surface area contributed by atoms with Crippen LogP contribution in [-0.4, -0.2) is 42.8 Å². The number of benzene rings is 2. The zero-order chi connectivity index (χ0) is 25.5. The summed E-state index contributed by atoms with van der Waals surface area (Å²) in [4.78, 5) is 12.5. The van der Waals surface area contributed by atoms with Crippen LogP contribution in [0.2, 0.25) is 0 Å². The molecule has 6 nitrogen and oxygen atoms in total. The second-order valence-corrected chi connectivity index (χ2v) is 10.7. The van der Waals surface area contributed by atoms with Gasteiger partial charge in [0.05, 0.1) is 18.8 Å². The molecule has 1 saturated heterocycles. The van der Waals surface area contributed by atoms with E-state index in [0.717, 1.165) is 31.5 Å².